The highest BCUT2D eigenvalue weighted by Crippen LogP contribution is 2.26. The zero-order valence-corrected chi connectivity index (χ0v) is 18.3. The molecular formula is C21H31N3O4S. The molecule has 0 saturated carbocycles. The van der Waals surface area contributed by atoms with Gasteiger partial charge in [0.05, 0.1) is 10.8 Å². The van der Waals surface area contributed by atoms with E-state index in [9.17, 15) is 18.0 Å². The Kier molecular flexibility index (Phi) is 6.33. The van der Waals surface area contributed by atoms with Crippen LogP contribution >= 0.6 is 0 Å². The number of amides is 2. The number of sulfonamides is 1. The zero-order chi connectivity index (χ0) is 21.2. The van der Waals surface area contributed by atoms with E-state index in [2.05, 4.69) is 0 Å². The molecule has 2 fully saturated rings. The predicted octanol–water partition coefficient (Wildman–Crippen LogP) is 1.80. The van der Waals surface area contributed by atoms with Gasteiger partial charge in [-0.3, -0.25) is 9.59 Å². The van der Waals surface area contributed by atoms with Crippen LogP contribution in [-0.2, 0) is 19.6 Å². The summed E-state index contributed by atoms with van der Waals surface area (Å²) in [6, 6.07) is 8.37. The fourth-order valence-electron chi connectivity index (χ4n) is 3.97. The highest BCUT2D eigenvalue weighted by atomic mass is 32.2. The second-order valence-electron chi connectivity index (χ2n) is 8.88. The van der Waals surface area contributed by atoms with Gasteiger partial charge in [0.25, 0.3) is 0 Å². The molecule has 0 N–H and O–H groups in total. The average molecular weight is 422 g/mol. The minimum absolute atomic E-state index is 0.000759. The maximum atomic E-state index is 13.0. The molecule has 1 aromatic carbocycles. The molecule has 0 radical (unpaired) electrons. The second kappa shape index (κ2) is 8.44. The number of nitrogens with zero attached hydrogens (tertiary/aromatic N) is 3. The summed E-state index contributed by atoms with van der Waals surface area (Å²) < 4.78 is 27.2. The van der Waals surface area contributed by atoms with Crippen molar-refractivity contribution in [3.05, 3.63) is 30.3 Å². The molecule has 160 valence electrons. The minimum atomic E-state index is -3.59. The van der Waals surface area contributed by atoms with Gasteiger partial charge in [0, 0.05) is 44.7 Å². The van der Waals surface area contributed by atoms with Gasteiger partial charge in [0.2, 0.25) is 21.8 Å². The Labute approximate surface area is 173 Å². The lowest BCUT2D eigenvalue weighted by Crippen LogP contribution is -2.55. The van der Waals surface area contributed by atoms with E-state index in [4.69, 9.17) is 0 Å². The second-order valence-corrected chi connectivity index (χ2v) is 10.8. The fourth-order valence-corrected chi connectivity index (χ4v) is 5.51. The molecule has 7 nitrogen and oxygen atoms in total. The van der Waals surface area contributed by atoms with Gasteiger partial charge in [-0.05, 0) is 25.0 Å². The van der Waals surface area contributed by atoms with E-state index in [-0.39, 0.29) is 29.2 Å². The molecule has 8 heteroatoms. The summed E-state index contributed by atoms with van der Waals surface area (Å²) in [4.78, 5) is 29.3. The topological polar surface area (TPSA) is 78.0 Å². The first-order valence-corrected chi connectivity index (χ1v) is 11.7. The summed E-state index contributed by atoms with van der Waals surface area (Å²) in [5, 5.41) is 0. The monoisotopic (exact) mass is 421 g/mol. The van der Waals surface area contributed by atoms with Crippen molar-refractivity contribution in [2.75, 3.05) is 39.3 Å². The zero-order valence-electron chi connectivity index (χ0n) is 17.5. The number of benzene rings is 1. The van der Waals surface area contributed by atoms with Gasteiger partial charge in [-0.25, -0.2) is 8.42 Å². The van der Waals surface area contributed by atoms with Crippen LogP contribution in [0, 0.1) is 11.3 Å². The van der Waals surface area contributed by atoms with Gasteiger partial charge in [0.1, 0.15) is 0 Å². The summed E-state index contributed by atoms with van der Waals surface area (Å²) in [7, 11) is -3.59. The third-order valence-electron chi connectivity index (χ3n) is 5.63. The molecule has 2 heterocycles. The van der Waals surface area contributed by atoms with Crippen molar-refractivity contribution in [1.82, 2.24) is 14.1 Å². The van der Waals surface area contributed by atoms with Gasteiger partial charge in [0.15, 0.2) is 0 Å². The molecular weight excluding hydrogens is 390 g/mol. The van der Waals surface area contributed by atoms with E-state index in [0.717, 1.165) is 0 Å². The molecule has 2 aliphatic heterocycles. The molecule has 0 aliphatic carbocycles. The number of carbonyl (C=O) groups is 2. The molecule has 2 saturated heterocycles. The first-order chi connectivity index (χ1) is 13.6. The Morgan fingerprint density at radius 3 is 2.10 bits per heavy atom. The van der Waals surface area contributed by atoms with E-state index in [0.29, 0.717) is 45.6 Å². The van der Waals surface area contributed by atoms with Crippen molar-refractivity contribution in [2.24, 2.45) is 11.3 Å². The SMILES string of the molecule is CC(C)(C)C(=O)N1CCN(C(=O)C2CCCN(S(=O)(=O)c3ccccc3)C2)CC1. The highest BCUT2D eigenvalue weighted by Gasteiger charge is 2.37. The van der Waals surface area contributed by atoms with Crippen LogP contribution < -0.4 is 0 Å². The number of carbonyl (C=O) groups excluding carboxylic acids is 2. The van der Waals surface area contributed by atoms with Crippen LogP contribution in [0.1, 0.15) is 33.6 Å². The average Bonchev–Trinajstić information content (AvgIpc) is 2.73. The van der Waals surface area contributed by atoms with Crippen LogP contribution in [0.2, 0.25) is 0 Å². The van der Waals surface area contributed by atoms with Crippen LogP contribution in [0.3, 0.4) is 0 Å². The molecule has 0 bridgehead atoms. The van der Waals surface area contributed by atoms with Crippen molar-refractivity contribution in [3.8, 4) is 0 Å². The van der Waals surface area contributed by atoms with E-state index < -0.39 is 15.4 Å². The first-order valence-electron chi connectivity index (χ1n) is 10.2. The summed E-state index contributed by atoms with van der Waals surface area (Å²) in [5.74, 6) is -0.227. The van der Waals surface area contributed by atoms with E-state index in [1.807, 2.05) is 25.7 Å². The van der Waals surface area contributed by atoms with Crippen molar-refractivity contribution >= 4 is 21.8 Å². The normalized spacial score (nSPS) is 21.8. The number of piperidine rings is 1. The summed E-state index contributed by atoms with van der Waals surface area (Å²) in [6.07, 6.45) is 1.37. The van der Waals surface area contributed by atoms with Crippen LogP contribution in [0.25, 0.3) is 0 Å². The summed E-state index contributed by atoms with van der Waals surface area (Å²) >= 11 is 0. The number of hydrogen-bond acceptors (Lipinski definition) is 4. The van der Waals surface area contributed by atoms with Gasteiger partial charge in [-0.2, -0.15) is 4.31 Å². The standard InChI is InChI=1S/C21H31N3O4S/c1-21(2,3)20(26)23-14-12-22(13-15-23)19(25)17-8-7-11-24(16-17)29(27,28)18-9-5-4-6-10-18/h4-6,9-10,17H,7-8,11-16H2,1-3H3. The molecule has 2 aliphatic rings. The Balaban J connectivity index is 1.62. The van der Waals surface area contributed by atoms with Crippen molar-refractivity contribution in [3.63, 3.8) is 0 Å². The van der Waals surface area contributed by atoms with Gasteiger partial charge in [-0.15, -0.1) is 0 Å². The van der Waals surface area contributed by atoms with Crippen LogP contribution in [-0.4, -0.2) is 73.6 Å². The Hall–Kier alpha value is -1.93. The molecule has 1 unspecified atom stereocenters. The number of rotatable bonds is 3. The molecule has 0 aromatic heterocycles. The van der Waals surface area contributed by atoms with Crippen LogP contribution in [0.4, 0.5) is 0 Å². The summed E-state index contributed by atoms with van der Waals surface area (Å²) in [5.41, 5.74) is -0.429. The molecule has 2 amide bonds. The lowest BCUT2D eigenvalue weighted by molar-refractivity contribution is -0.146. The quantitative estimate of drug-likeness (QED) is 0.746. The maximum absolute atomic E-state index is 13.0. The molecule has 1 atom stereocenters. The lowest BCUT2D eigenvalue weighted by atomic mass is 9.94. The van der Waals surface area contributed by atoms with E-state index in [1.54, 1.807) is 35.2 Å². The minimum Gasteiger partial charge on any atom is -0.339 e. The smallest absolute Gasteiger partial charge is 0.243 e. The molecule has 29 heavy (non-hydrogen) atoms. The highest BCUT2D eigenvalue weighted by molar-refractivity contribution is 7.89. The fraction of sp³-hybridized carbons (Fsp3) is 0.619. The third-order valence-corrected chi connectivity index (χ3v) is 7.51. The Morgan fingerprint density at radius 2 is 1.52 bits per heavy atom. The molecule has 1 aromatic rings. The maximum Gasteiger partial charge on any atom is 0.243 e. The molecule has 0 spiro atoms. The Morgan fingerprint density at radius 1 is 0.931 bits per heavy atom. The third kappa shape index (κ3) is 4.80. The van der Waals surface area contributed by atoms with E-state index >= 15 is 0 Å². The lowest BCUT2D eigenvalue weighted by Gasteiger charge is -2.40. The molecule has 3 rings (SSSR count). The van der Waals surface area contributed by atoms with Gasteiger partial charge < -0.3 is 9.80 Å². The van der Waals surface area contributed by atoms with Crippen LogP contribution in [0.15, 0.2) is 35.2 Å². The number of hydrogen-bond donors (Lipinski definition) is 0. The van der Waals surface area contributed by atoms with Crippen LogP contribution in [0.5, 0.6) is 0 Å². The largest absolute Gasteiger partial charge is 0.339 e. The Bertz CT molecular complexity index is 840. The van der Waals surface area contributed by atoms with Crippen molar-refractivity contribution in [2.45, 2.75) is 38.5 Å². The first kappa shape index (κ1) is 21.8. The van der Waals surface area contributed by atoms with Gasteiger partial charge in [-0.1, -0.05) is 39.0 Å². The predicted molar refractivity (Wildman–Crippen MR) is 111 cm³/mol. The van der Waals surface area contributed by atoms with Gasteiger partial charge >= 0.3 is 0 Å². The van der Waals surface area contributed by atoms with E-state index in [1.165, 1.54) is 4.31 Å². The van der Waals surface area contributed by atoms with Crippen molar-refractivity contribution < 1.29 is 18.0 Å². The number of piperazine rings is 1. The summed E-state index contributed by atoms with van der Waals surface area (Å²) in [6.45, 7) is 8.42. The van der Waals surface area contributed by atoms with Crippen molar-refractivity contribution in [1.29, 1.82) is 0 Å².